The number of rotatable bonds is 12. The first kappa shape index (κ1) is 30.3. The normalized spacial score (nSPS) is 12.6. The van der Waals surface area contributed by atoms with Crippen molar-refractivity contribution < 1.29 is 22.4 Å². The van der Waals surface area contributed by atoms with E-state index in [1.165, 1.54) is 21.3 Å². The van der Waals surface area contributed by atoms with Crippen molar-refractivity contribution in [1.82, 2.24) is 10.2 Å². The molecule has 2 aromatic rings. The number of nitrogens with zero attached hydrogens (tertiary/aromatic N) is 2. The molecule has 204 valence electrons. The van der Waals surface area contributed by atoms with E-state index in [4.69, 9.17) is 0 Å². The molecule has 9 heteroatoms. The standard InChI is InChI=1S/C28H40FN3O4S/c1-7-21-13-17-24(18-14-21)32(37(6,35)36)19-9-10-26(33)31(20-22-11-15-23(29)16-12-22)25(8-2)27(34)30-28(3,4)5/h11-18,25H,7-10,19-20H2,1-6H3,(H,30,34)/t25-/m0/s1. The lowest BCUT2D eigenvalue weighted by Gasteiger charge is -2.33. The summed E-state index contributed by atoms with van der Waals surface area (Å²) in [6, 6.07) is 12.4. The molecule has 37 heavy (non-hydrogen) atoms. The Morgan fingerprint density at radius 2 is 1.54 bits per heavy atom. The molecule has 1 atom stereocenters. The molecule has 0 bridgehead atoms. The van der Waals surface area contributed by atoms with Crippen molar-refractivity contribution in [2.75, 3.05) is 17.1 Å². The van der Waals surface area contributed by atoms with Crippen LogP contribution in [0.4, 0.5) is 10.1 Å². The Balaban J connectivity index is 2.22. The van der Waals surface area contributed by atoms with Crippen molar-refractivity contribution in [1.29, 1.82) is 0 Å². The molecule has 2 amide bonds. The van der Waals surface area contributed by atoms with Crippen molar-refractivity contribution >= 4 is 27.5 Å². The van der Waals surface area contributed by atoms with Gasteiger partial charge in [0.2, 0.25) is 21.8 Å². The molecule has 0 fully saturated rings. The second kappa shape index (κ2) is 13.0. The number of carbonyl (C=O) groups is 2. The molecule has 0 spiro atoms. The molecule has 0 aliphatic rings. The van der Waals surface area contributed by atoms with Gasteiger partial charge in [-0.25, -0.2) is 12.8 Å². The Morgan fingerprint density at radius 3 is 2.03 bits per heavy atom. The Morgan fingerprint density at radius 1 is 0.973 bits per heavy atom. The summed E-state index contributed by atoms with van der Waals surface area (Å²) in [7, 11) is -3.55. The van der Waals surface area contributed by atoms with Gasteiger partial charge in [-0.1, -0.05) is 38.1 Å². The van der Waals surface area contributed by atoms with Gasteiger partial charge in [0.1, 0.15) is 11.9 Å². The van der Waals surface area contributed by atoms with Crippen LogP contribution >= 0.6 is 0 Å². The average Bonchev–Trinajstić information content (AvgIpc) is 2.81. The molecule has 0 aromatic heterocycles. The highest BCUT2D eigenvalue weighted by Gasteiger charge is 2.30. The van der Waals surface area contributed by atoms with Crippen LogP contribution in [0.25, 0.3) is 0 Å². The maximum Gasteiger partial charge on any atom is 0.243 e. The van der Waals surface area contributed by atoms with Gasteiger partial charge in [0, 0.05) is 25.0 Å². The largest absolute Gasteiger partial charge is 0.350 e. The van der Waals surface area contributed by atoms with Gasteiger partial charge in [-0.2, -0.15) is 0 Å². The van der Waals surface area contributed by atoms with E-state index >= 15 is 0 Å². The lowest BCUT2D eigenvalue weighted by molar-refractivity contribution is -0.142. The predicted molar refractivity (Wildman–Crippen MR) is 146 cm³/mol. The fourth-order valence-electron chi connectivity index (χ4n) is 4.06. The maximum absolute atomic E-state index is 13.4. The van der Waals surface area contributed by atoms with Gasteiger partial charge in [-0.3, -0.25) is 13.9 Å². The number of hydrogen-bond acceptors (Lipinski definition) is 4. The number of halogens is 1. The SMILES string of the molecule is CCc1ccc(N(CCCC(=O)N(Cc2ccc(F)cc2)[C@@H](CC)C(=O)NC(C)(C)C)S(C)(=O)=O)cc1. The number of carbonyl (C=O) groups excluding carboxylic acids is 2. The van der Waals surface area contributed by atoms with E-state index in [9.17, 15) is 22.4 Å². The Bertz CT molecular complexity index is 1140. The van der Waals surface area contributed by atoms with E-state index in [0.717, 1.165) is 18.2 Å². The van der Waals surface area contributed by atoms with Gasteiger partial charge in [-0.15, -0.1) is 0 Å². The Hall–Kier alpha value is -2.94. The number of benzene rings is 2. The minimum atomic E-state index is -3.55. The van der Waals surface area contributed by atoms with Crippen LogP contribution in [-0.2, 0) is 32.6 Å². The highest BCUT2D eigenvalue weighted by Crippen LogP contribution is 2.21. The summed E-state index contributed by atoms with van der Waals surface area (Å²) in [6.45, 7) is 9.75. The van der Waals surface area contributed by atoms with E-state index in [1.54, 1.807) is 24.3 Å². The van der Waals surface area contributed by atoms with Gasteiger partial charge in [0.25, 0.3) is 0 Å². The van der Waals surface area contributed by atoms with Crippen LogP contribution in [-0.4, -0.2) is 49.5 Å². The van der Waals surface area contributed by atoms with Crippen LogP contribution in [0.5, 0.6) is 0 Å². The summed E-state index contributed by atoms with van der Waals surface area (Å²) in [4.78, 5) is 28.0. The first-order valence-electron chi connectivity index (χ1n) is 12.7. The minimum Gasteiger partial charge on any atom is -0.350 e. The zero-order chi connectivity index (χ0) is 27.8. The highest BCUT2D eigenvalue weighted by molar-refractivity contribution is 7.92. The third kappa shape index (κ3) is 9.46. The molecule has 0 unspecified atom stereocenters. The van der Waals surface area contributed by atoms with E-state index in [0.29, 0.717) is 17.7 Å². The molecular formula is C28H40FN3O4S. The molecule has 2 aromatic carbocycles. The Kier molecular flexibility index (Phi) is 10.7. The van der Waals surface area contributed by atoms with Crippen LogP contribution in [0.2, 0.25) is 0 Å². The number of hydrogen-bond donors (Lipinski definition) is 1. The second-order valence-corrected chi connectivity index (χ2v) is 12.2. The molecule has 1 N–H and O–H groups in total. The lowest BCUT2D eigenvalue weighted by atomic mass is 10.0. The number of nitrogens with one attached hydrogen (secondary N) is 1. The zero-order valence-electron chi connectivity index (χ0n) is 22.8. The summed E-state index contributed by atoms with van der Waals surface area (Å²) in [5, 5.41) is 2.95. The fraction of sp³-hybridized carbons (Fsp3) is 0.500. The number of sulfonamides is 1. The van der Waals surface area contributed by atoms with Crippen molar-refractivity contribution in [3.8, 4) is 0 Å². The van der Waals surface area contributed by atoms with Crippen molar-refractivity contribution in [2.24, 2.45) is 0 Å². The van der Waals surface area contributed by atoms with Gasteiger partial charge < -0.3 is 10.2 Å². The summed E-state index contributed by atoms with van der Waals surface area (Å²) in [6.07, 6.45) is 2.72. The van der Waals surface area contributed by atoms with Gasteiger partial charge in [0.15, 0.2) is 0 Å². The monoisotopic (exact) mass is 533 g/mol. The maximum atomic E-state index is 13.4. The van der Waals surface area contributed by atoms with Crippen LogP contribution in [0.1, 0.15) is 65.0 Å². The molecule has 0 saturated heterocycles. The zero-order valence-corrected chi connectivity index (χ0v) is 23.6. The molecule has 0 radical (unpaired) electrons. The quantitative estimate of drug-likeness (QED) is 0.430. The number of aryl methyl sites for hydroxylation is 1. The third-order valence-corrected chi connectivity index (χ3v) is 7.13. The van der Waals surface area contributed by atoms with Crippen molar-refractivity contribution in [3.63, 3.8) is 0 Å². The minimum absolute atomic E-state index is 0.0551. The van der Waals surface area contributed by atoms with Crippen LogP contribution in [0.15, 0.2) is 48.5 Å². The molecule has 2 rings (SSSR count). The van der Waals surface area contributed by atoms with Crippen LogP contribution in [0, 0.1) is 5.82 Å². The van der Waals surface area contributed by atoms with Gasteiger partial charge in [-0.05, 0) is 75.4 Å². The van der Waals surface area contributed by atoms with E-state index in [1.807, 2.05) is 46.8 Å². The first-order chi connectivity index (χ1) is 17.2. The van der Waals surface area contributed by atoms with E-state index in [-0.39, 0.29) is 43.6 Å². The summed E-state index contributed by atoms with van der Waals surface area (Å²) in [5.74, 6) is -0.916. The molecule has 0 heterocycles. The third-order valence-electron chi connectivity index (χ3n) is 5.94. The predicted octanol–water partition coefficient (Wildman–Crippen LogP) is 4.66. The summed E-state index contributed by atoms with van der Waals surface area (Å²) >= 11 is 0. The van der Waals surface area contributed by atoms with E-state index in [2.05, 4.69) is 5.32 Å². The molecule has 0 aliphatic carbocycles. The van der Waals surface area contributed by atoms with E-state index < -0.39 is 21.6 Å². The van der Waals surface area contributed by atoms with Gasteiger partial charge >= 0.3 is 0 Å². The van der Waals surface area contributed by atoms with Gasteiger partial charge in [0.05, 0.1) is 11.9 Å². The number of amides is 2. The molecule has 7 nitrogen and oxygen atoms in total. The summed E-state index contributed by atoms with van der Waals surface area (Å²) < 4.78 is 39.7. The summed E-state index contributed by atoms with van der Waals surface area (Å²) in [5.41, 5.74) is 1.87. The van der Waals surface area contributed by atoms with Crippen LogP contribution in [0.3, 0.4) is 0 Å². The van der Waals surface area contributed by atoms with Crippen LogP contribution < -0.4 is 9.62 Å². The fourth-order valence-corrected chi connectivity index (χ4v) is 5.03. The second-order valence-electron chi connectivity index (χ2n) is 10.3. The molecule has 0 saturated carbocycles. The lowest BCUT2D eigenvalue weighted by Crippen LogP contribution is -2.53. The topological polar surface area (TPSA) is 86.8 Å². The molecule has 0 aliphatic heterocycles. The number of anilines is 1. The van der Waals surface area contributed by atoms with Crippen molar-refractivity contribution in [3.05, 3.63) is 65.5 Å². The first-order valence-corrected chi connectivity index (χ1v) is 14.5. The average molecular weight is 534 g/mol. The highest BCUT2D eigenvalue weighted by atomic mass is 32.2. The molecular weight excluding hydrogens is 493 g/mol. The smallest absolute Gasteiger partial charge is 0.243 e. The van der Waals surface area contributed by atoms with Crippen molar-refractivity contribution in [2.45, 2.75) is 78.4 Å². The Labute approximate surface area is 221 Å².